The van der Waals surface area contributed by atoms with Crippen LogP contribution >= 0.6 is 0 Å². The molecule has 2 heterocycles. The summed E-state index contributed by atoms with van der Waals surface area (Å²) in [5, 5.41) is 16.9. The van der Waals surface area contributed by atoms with Gasteiger partial charge < -0.3 is 14.3 Å². The molecular weight excluding hydrogens is 305 g/mol. The molecule has 0 aliphatic rings. The monoisotopic (exact) mass is 317 g/mol. The summed E-state index contributed by atoms with van der Waals surface area (Å²) >= 11 is 0. The van der Waals surface area contributed by atoms with Crippen molar-refractivity contribution in [2.45, 2.75) is 13.2 Å². The zero-order chi connectivity index (χ0) is 16.2. The average molecular weight is 317 g/mol. The number of aromatic hydroxyl groups is 1. The minimum absolute atomic E-state index is 0.128. The Hall–Kier alpha value is -3.16. The molecule has 3 aromatic rings. The first-order valence-electron chi connectivity index (χ1n) is 6.68. The van der Waals surface area contributed by atoms with Crippen LogP contribution in [0.3, 0.4) is 0 Å². The van der Waals surface area contributed by atoms with Crippen molar-refractivity contribution in [3.8, 4) is 11.5 Å². The molecule has 0 saturated heterocycles. The van der Waals surface area contributed by atoms with Gasteiger partial charge in [0, 0.05) is 12.1 Å². The first-order valence-corrected chi connectivity index (χ1v) is 6.68. The van der Waals surface area contributed by atoms with Crippen molar-refractivity contribution >= 4 is 0 Å². The number of rotatable bonds is 5. The SMILES string of the molecule is O=c1cc(Cn2cc(COc3cccc(F)c3)nn2)occ1O. The lowest BCUT2D eigenvalue weighted by atomic mass is 10.3. The van der Waals surface area contributed by atoms with Gasteiger partial charge in [-0.3, -0.25) is 4.79 Å². The molecule has 0 fully saturated rings. The largest absolute Gasteiger partial charge is 0.502 e. The van der Waals surface area contributed by atoms with Gasteiger partial charge in [-0.1, -0.05) is 11.3 Å². The minimum atomic E-state index is -0.527. The molecule has 0 aliphatic heterocycles. The molecule has 0 saturated carbocycles. The van der Waals surface area contributed by atoms with E-state index in [-0.39, 0.29) is 19.0 Å². The van der Waals surface area contributed by atoms with E-state index in [4.69, 9.17) is 14.3 Å². The summed E-state index contributed by atoms with van der Waals surface area (Å²) < 4.78 is 25.0. The quantitative estimate of drug-likeness (QED) is 0.770. The van der Waals surface area contributed by atoms with Crippen LogP contribution < -0.4 is 10.2 Å². The number of ether oxygens (including phenoxy) is 1. The highest BCUT2D eigenvalue weighted by Crippen LogP contribution is 2.13. The minimum Gasteiger partial charge on any atom is -0.502 e. The lowest BCUT2D eigenvalue weighted by Crippen LogP contribution is -2.05. The molecule has 118 valence electrons. The standard InChI is InChI=1S/C15H12FN3O4/c16-10-2-1-3-12(4-10)22-8-11-6-19(18-17-11)7-13-5-14(20)15(21)9-23-13/h1-6,9,21H,7-8H2. The van der Waals surface area contributed by atoms with E-state index in [1.807, 2.05) is 0 Å². The summed E-state index contributed by atoms with van der Waals surface area (Å²) in [6.45, 7) is 0.311. The summed E-state index contributed by atoms with van der Waals surface area (Å²) in [5.41, 5.74) is 0.0106. The van der Waals surface area contributed by atoms with E-state index < -0.39 is 11.2 Å². The van der Waals surface area contributed by atoms with Gasteiger partial charge in [0.05, 0.1) is 6.20 Å². The predicted molar refractivity (Wildman–Crippen MR) is 76.5 cm³/mol. The summed E-state index contributed by atoms with van der Waals surface area (Å²) in [6, 6.07) is 6.97. The summed E-state index contributed by atoms with van der Waals surface area (Å²) in [4.78, 5) is 11.3. The topological polar surface area (TPSA) is 90.4 Å². The van der Waals surface area contributed by atoms with E-state index in [9.17, 15) is 9.18 Å². The number of nitrogens with zero attached hydrogens (tertiary/aromatic N) is 3. The third-order valence-electron chi connectivity index (χ3n) is 2.95. The highest BCUT2D eigenvalue weighted by molar-refractivity contribution is 5.22. The fraction of sp³-hybridized carbons (Fsp3) is 0.133. The Balaban J connectivity index is 1.63. The van der Waals surface area contributed by atoms with E-state index in [0.29, 0.717) is 17.2 Å². The number of hydrogen-bond acceptors (Lipinski definition) is 6. The summed E-state index contributed by atoms with van der Waals surface area (Å²) in [7, 11) is 0. The van der Waals surface area contributed by atoms with Crippen LogP contribution in [-0.4, -0.2) is 20.1 Å². The second kappa shape index (κ2) is 6.30. The molecule has 3 rings (SSSR count). The Morgan fingerprint density at radius 1 is 1.35 bits per heavy atom. The van der Waals surface area contributed by atoms with Crippen LogP contribution in [-0.2, 0) is 13.2 Å². The Morgan fingerprint density at radius 2 is 2.22 bits per heavy atom. The normalized spacial score (nSPS) is 10.7. The first kappa shape index (κ1) is 14.8. The second-order valence-electron chi connectivity index (χ2n) is 4.75. The zero-order valence-corrected chi connectivity index (χ0v) is 11.8. The van der Waals surface area contributed by atoms with Crippen LogP contribution in [0.15, 0.2) is 52.0 Å². The fourth-order valence-corrected chi connectivity index (χ4v) is 1.88. The van der Waals surface area contributed by atoms with E-state index in [1.165, 1.54) is 22.9 Å². The maximum atomic E-state index is 13.0. The maximum Gasteiger partial charge on any atom is 0.226 e. The van der Waals surface area contributed by atoms with Crippen LogP contribution in [0.1, 0.15) is 11.5 Å². The molecule has 0 radical (unpaired) electrons. The number of hydrogen-bond donors (Lipinski definition) is 1. The maximum absolute atomic E-state index is 13.0. The number of aromatic nitrogens is 3. The van der Waals surface area contributed by atoms with Gasteiger partial charge >= 0.3 is 0 Å². The van der Waals surface area contributed by atoms with Gasteiger partial charge in [0.2, 0.25) is 5.43 Å². The Morgan fingerprint density at radius 3 is 3.00 bits per heavy atom. The van der Waals surface area contributed by atoms with Crippen LogP contribution in [0.5, 0.6) is 11.5 Å². The molecule has 7 nitrogen and oxygen atoms in total. The lowest BCUT2D eigenvalue weighted by Gasteiger charge is -2.03. The van der Waals surface area contributed by atoms with Crippen LogP contribution in [0.2, 0.25) is 0 Å². The van der Waals surface area contributed by atoms with Gasteiger partial charge in [0.1, 0.15) is 42.4 Å². The highest BCUT2D eigenvalue weighted by atomic mass is 19.1. The molecule has 8 heteroatoms. The van der Waals surface area contributed by atoms with Crippen molar-refractivity contribution in [3.05, 3.63) is 70.3 Å². The van der Waals surface area contributed by atoms with Gasteiger partial charge in [-0.25, -0.2) is 9.07 Å². The smallest absolute Gasteiger partial charge is 0.226 e. The molecule has 2 aromatic heterocycles. The van der Waals surface area contributed by atoms with Crippen molar-refractivity contribution in [1.82, 2.24) is 15.0 Å². The third kappa shape index (κ3) is 3.73. The predicted octanol–water partition coefficient (Wildman–Crippen LogP) is 1.70. The number of halogens is 1. The zero-order valence-electron chi connectivity index (χ0n) is 11.8. The van der Waals surface area contributed by atoms with Crippen molar-refractivity contribution in [2.75, 3.05) is 0 Å². The highest BCUT2D eigenvalue weighted by Gasteiger charge is 2.06. The van der Waals surface area contributed by atoms with Crippen molar-refractivity contribution in [2.24, 2.45) is 0 Å². The summed E-state index contributed by atoms with van der Waals surface area (Å²) in [5.74, 6) is -0.107. The first-order chi connectivity index (χ1) is 11.1. The van der Waals surface area contributed by atoms with Crippen molar-refractivity contribution < 1.29 is 18.7 Å². The van der Waals surface area contributed by atoms with E-state index in [1.54, 1.807) is 18.3 Å². The van der Waals surface area contributed by atoms with Crippen molar-refractivity contribution in [1.29, 1.82) is 0 Å². The molecule has 0 spiro atoms. The van der Waals surface area contributed by atoms with Gasteiger partial charge in [0.25, 0.3) is 0 Å². The van der Waals surface area contributed by atoms with Crippen LogP contribution in [0.25, 0.3) is 0 Å². The molecular formula is C15H12FN3O4. The second-order valence-corrected chi connectivity index (χ2v) is 4.75. The van der Waals surface area contributed by atoms with E-state index in [2.05, 4.69) is 10.3 Å². The molecule has 23 heavy (non-hydrogen) atoms. The Bertz CT molecular complexity index is 875. The van der Waals surface area contributed by atoms with E-state index >= 15 is 0 Å². The average Bonchev–Trinajstić information content (AvgIpc) is 2.97. The van der Waals surface area contributed by atoms with Gasteiger partial charge in [-0.05, 0) is 12.1 Å². The Labute approximate surface area is 129 Å². The molecule has 0 amide bonds. The molecule has 1 aromatic carbocycles. The van der Waals surface area contributed by atoms with E-state index in [0.717, 1.165) is 6.26 Å². The number of benzene rings is 1. The Kier molecular flexibility index (Phi) is 4.05. The molecule has 0 atom stereocenters. The van der Waals surface area contributed by atoms with Crippen LogP contribution in [0, 0.1) is 5.82 Å². The molecule has 1 N–H and O–H groups in total. The molecule has 0 aliphatic carbocycles. The van der Waals surface area contributed by atoms with Crippen LogP contribution in [0.4, 0.5) is 4.39 Å². The fourth-order valence-electron chi connectivity index (χ4n) is 1.88. The molecule has 0 unspecified atom stereocenters. The van der Waals surface area contributed by atoms with Gasteiger partial charge in [-0.15, -0.1) is 5.10 Å². The molecule has 0 bridgehead atoms. The summed E-state index contributed by atoms with van der Waals surface area (Å²) in [6.07, 6.45) is 2.59. The lowest BCUT2D eigenvalue weighted by molar-refractivity contribution is 0.299. The third-order valence-corrected chi connectivity index (χ3v) is 2.95. The van der Waals surface area contributed by atoms with Gasteiger partial charge in [-0.2, -0.15) is 0 Å². The van der Waals surface area contributed by atoms with Crippen molar-refractivity contribution in [3.63, 3.8) is 0 Å². The van der Waals surface area contributed by atoms with Gasteiger partial charge in [0.15, 0.2) is 5.75 Å².